The largest absolute Gasteiger partial charge is 0.455 e. The van der Waals surface area contributed by atoms with Crippen molar-refractivity contribution in [2.75, 3.05) is 19.4 Å². The van der Waals surface area contributed by atoms with Gasteiger partial charge in [0.1, 0.15) is 17.2 Å². The first kappa shape index (κ1) is 19.7. The lowest BCUT2D eigenvalue weighted by atomic mass is 9.97. The van der Waals surface area contributed by atoms with Gasteiger partial charge in [0.05, 0.1) is 5.56 Å². The molecule has 6 heteroatoms. The van der Waals surface area contributed by atoms with Crippen LogP contribution < -0.4 is 16.4 Å². The van der Waals surface area contributed by atoms with Crippen molar-refractivity contribution in [3.63, 3.8) is 0 Å². The maximum absolute atomic E-state index is 13.4. The molecule has 4 aromatic rings. The lowest BCUT2D eigenvalue weighted by Gasteiger charge is -2.11. The van der Waals surface area contributed by atoms with Crippen LogP contribution in [0.4, 0.5) is 10.1 Å². The lowest BCUT2D eigenvalue weighted by molar-refractivity contribution is 0.0964. The second kappa shape index (κ2) is 8.00. The fraction of sp³-hybridized carbons (Fsp3) is 0.125. The summed E-state index contributed by atoms with van der Waals surface area (Å²) < 4.78 is 19.5. The average Bonchev–Trinajstić information content (AvgIpc) is 3.16. The molecule has 0 aliphatic heterocycles. The van der Waals surface area contributed by atoms with Gasteiger partial charge in [0.25, 0.3) is 5.91 Å². The summed E-state index contributed by atoms with van der Waals surface area (Å²) >= 11 is 0. The molecule has 0 radical (unpaired) electrons. The van der Waals surface area contributed by atoms with Crippen molar-refractivity contribution in [1.29, 1.82) is 0 Å². The number of rotatable bonds is 5. The Bertz CT molecular complexity index is 1230. The van der Waals surface area contributed by atoms with Gasteiger partial charge in [-0.2, -0.15) is 0 Å². The fourth-order valence-electron chi connectivity index (χ4n) is 3.61. The minimum absolute atomic E-state index is 0.271. The molecule has 0 saturated heterocycles. The summed E-state index contributed by atoms with van der Waals surface area (Å²) in [6.07, 6.45) is 0. The molecule has 3 aromatic carbocycles. The minimum Gasteiger partial charge on any atom is -0.455 e. The molecule has 0 saturated carbocycles. The first-order valence-corrected chi connectivity index (χ1v) is 9.61. The SMILES string of the molecule is CNC(=O)c1c(-c2ccc(F)cc2)oc2cc(NC)c(-c3cccc(CN)c3)cc12. The van der Waals surface area contributed by atoms with Gasteiger partial charge in [-0.15, -0.1) is 0 Å². The quantitative estimate of drug-likeness (QED) is 0.449. The highest BCUT2D eigenvalue weighted by molar-refractivity contribution is 6.12. The van der Waals surface area contributed by atoms with Gasteiger partial charge in [-0.1, -0.05) is 18.2 Å². The summed E-state index contributed by atoms with van der Waals surface area (Å²) in [7, 11) is 3.41. The second-order valence-electron chi connectivity index (χ2n) is 6.94. The molecule has 4 rings (SSSR count). The molecule has 1 amide bonds. The molecule has 0 atom stereocenters. The van der Waals surface area contributed by atoms with Gasteiger partial charge in [0, 0.05) is 48.9 Å². The molecule has 152 valence electrons. The highest BCUT2D eigenvalue weighted by Gasteiger charge is 2.23. The van der Waals surface area contributed by atoms with E-state index in [0.29, 0.717) is 34.4 Å². The molecule has 0 fully saturated rings. The van der Waals surface area contributed by atoms with Crippen molar-refractivity contribution >= 4 is 22.6 Å². The van der Waals surface area contributed by atoms with Crippen LogP contribution in [0, 0.1) is 5.82 Å². The number of halogens is 1. The zero-order valence-corrected chi connectivity index (χ0v) is 16.8. The van der Waals surface area contributed by atoms with Crippen LogP contribution in [0.25, 0.3) is 33.4 Å². The Kier molecular flexibility index (Phi) is 5.25. The predicted octanol–water partition coefficient (Wildman–Crippen LogP) is 4.77. The van der Waals surface area contributed by atoms with Crippen LogP contribution in [0.2, 0.25) is 0 Å². The monoisotopic (exact) mass is 403 g/mol. The Labute approximate surface area is 173 Å². The van der Waals surface area contributed by atoms with Crippen LogP contribution in [-0.4, -0.2) is 20.0 Å². The predicted molar refractivity (Wildman–Crippen MR) is 118 cm³/mol. The fourth-order valence-corrected chi connectivity index (χ4v) is 3.61. The summed E-state index contributed by atoms with van der Waals surface area (Å²) in [5.41, 5.74) is 11.2. The first-order chi connectivity index (χ1) is 14.5. The van der Waals surface area contributed by atoms with Gasteiger partial charge in [-0.25, -0.2) is 4.39 Å². The van der Waals surface area contributed by atoms with Crippen molar-refractivity contribution < 1.29 is 13.6 Å². The van der Waals surface area contributed by atoms with Crippen LogP contribution in [0.15, 0.2) is 65.1 Å². The zero-order valence-electron chi connectivity index (χ0n) is 16.8. The molecular weight excluding hydrogens is 381 g/mol. The van der Waals surface area contributed by atoms with E-state index in [-0.39, 0.29) is 11.7 Å². The van der Waals surface area contributed by atoms with Gasteiger partial charge in [-0.3, -0.25) is 4.79 Å². The number of carbonyl (C=O) groups is 1. The Morgan fingerprint density at radius 2 is 1.80 bits per heavy atom. The van der Waals surface area contributed by atoms with Crippen molar-refractivity contribution in [2.24, 2.45) is 5.73 Å². The maximum atomic E-state index is 13.4. The van der Waals surface area contributed by atoms with E-state index in [1.54, 1.807) is 19.2 Å². The van der Waals surface area contributed by atoms with E-state index in [0.717, 1.165) is 22.4 Å². The highest BCUT2D eigenvalue weighted by Crippen LogP contribution is 2.39. The highest BCUT2D eigenvalue weighted by atomic mass is 19.1. The lowest BCUT2D eigenvalue weighted by Crippen LogP contribution is -2.18. The summed E-state index contributed by atoms with van der Waals surface area (Å²) in [5.74, 6) is -0.220. The third-order valence-electron chi connectivity index (χ3n) is 5.13. The van der Waals surface area contributed by atoms with Crippen molar-refractivity contribution in [3.8, 4) is 22.5 Å². The number of nitrogens with one attached hydrogen (secondary N) is 2. The third kappa shape index (κ3) is 3.42. The summed E-state index contributed by atoms with van der Waals surface area (Å²) in [6.45, 7) is 0.439. The van der Waals surface area contributed by atoms with Gasteiger partial charge >= 0.3 is 0 Å². The molecule has 0 aliphatic carbocycles. The molecule has 0 aliphatic rings. The van der Waals surface area contributed by atoms with E-state index in [1.165, 1.54) is 12.1 Å². The average molecular weight is 403 g/mol. The van der Waals surface area contributed by atoms with Crippen LogP contribution in [-0.2, 0) is 6.54 Å². The molecular formula is C24H22FN3O2. The Balaban J connectivity index is 2.00. The number of anilines is 1. The third-order valence-corrected chi connectivity index (χ3v) is 5.13. The van der Waals surface area contributed by atoms with Crippen LogP contribution in [0.1, 0.15) is 15.9 Å². The van der Waals surface area contributed by atoms with E-state index >= 15 is 0 Å². The topological polar surface area (TPSA) is 80.3 Å². The van der Waals surface area contributed by atoms with Crippen LogP contribution in [0.5, 0.6) is 0 Å². The van der Waals surface area contributed by atoms with Gasteiger partial charge in [-0.05, 0) is 47.5 Å². The van der Waals surface area contributed by atoms with E-state index in [9.17, 15) is 9.18 Å². The number of fused-ring (bicyclic) bond motifs is 1. The molecule has 0 unspecified atom stereocenters. The summed E-state index contributed by atoms with van der Waals surface area (Å²) in [5, 5.41) is 6.56. The van der Waals surface area contributed by atoms with Crippen molar-refractivity contribution in [1.82, 2.24) is 5.32 Å². The molecule has 5 nitrogen and oxygen atoms in total. The molecule has 0 spiro atoms. The molecule has 1 aromatic heterocycles. The standard InChI is InChI=1S/C24H22FN3O2/c1-27-20-12-21-19(11-18(20)16-5-3-4-14(10-16)13-26)22(24(29)28-2)23(30-21)15-6-8-17(25)9-7-15/h3-12,27H,13,26H2,1-2H3,(H,28,29). The van der Waals surface area contributed by atoms with Crippen molar-refractivity contribution in [3.05, 3.63) is 77.6 Å². The normalized spacial score (nSPS) is 10.9. The minimum atomic E-state index is -0.351. The first-order valence-electron chi connectivity index (χ1n) is 9.61. The van der Waals surface area contributed by atoms with E-state index < -0.39 is 0 Å². The molecule has 0 bridgehead atoms. The van der Waals surface area contributed by atoms with Crippen molar-refractivity contribution in [2.45, 2.75) is 6.54 Å². The Hall–Kier alpha value is -3.64. The van der Waals surface area contributed by atoms with E-state index in [4.69, 9.17) is 10.2 Å². The Morgan fingerprint density at radius 3 is 2.47 bits per heavy atom. The number of furan rings is 1. The molecule has 30 heavy (non-hydrogen) atoms. The summed E-state index contributed by atoms with van der Waals surface area (Å²) in [6, 6.07) is 17.7. The molecule has 1 heterocycles. The zero-order chi connectivity index (χ0) is 21.3. The number of hydrogen-bond donors (Lipinski definition) is 3. The number of benzene rings is 3. The van der Waals surface area contributed by atoms with Crippen LogP contribution in [0.3, 0.4) is 0 Å². The van der Waals surface area contributed by atoms with E-state index in [2.05, 4.69) is 10.6 Å². The number of carbonyl (C=O) groups excluding carboxylic acids is 1. The van der Waals surface area contributed by atoms with Gasteiger partial charge < -0.3 is 20.8 Å². The Morgan fingerprint density at radius 1 is 1.03 bits per heavy atom. The van der Waals surface area contributed by atoms with Gasteiger partial charge in [0.2, 0.25) is 0 Å². The van der Waals surface area contributed by atoms with Gasteiger partial charge in [0.15, 0.2) is 0 Å². The number of amides is 1. The molecule has 4 N–H and O–H groups in total. The number of nitrogens with two attached hydrogens (primary N) is 1. The second-order valence-corrected chi connectivity index (χ2v) is 6.94. The number of hydrogen-bond acceptors (Lipinski definition) is 4. The van der Waals surface area contributed by atoms with Crippen LogP contribution >= 0.6 is 0 Å². The summed E-state index contributed by atoms with van der Waals surface area (Å²) in [4.78, 5) is 12.8. The maximum Gasteiger partial charge on any atom is 0.255 e. The van der Waals surface area contributed by atoms with E-state index in [1.807, 2.05) is 43.4 Å². The smallest absolute Gasteiger partial charge is 0.255 e.